The third-order valence-corrected chi connectivity index (χ3v) is 3.47. The molecule has 112 valence electrons. The standard InChI is InChI=1S/C14H17N3O4/c15-5-12(18)16-6-13(19)17-7-9-3-1-2-4-10(9)11(8-17)14(20)21/h1-4,11H,5-8,15H2,(H,16,18)(H,20,21). The van der Waals surface area contributed by atoms with Gasteiger partial charge in [-0.25, -0.2) is 0 Å². The van der Waals surface area contributed by atoms with Crippen LogP contribution in [0.3, 0.4) is 0 Å². The van der Waals surface area contributed by atoms with Gasteiger partial charge in [-0.1, -0.05) is 24.3 Å². The second-order valence-electron chi connectivity index (χ2n) is 4.84. The third kappa shape index (κ3) is 3.38. The van der Waals surface area contributed by atoms with E-state index < -0.39 is 17.8 Å². The van der Waals surface area contributed by atoms with Crippen LogP contribution in [0.1, 0.15) is 17.0 Å². The summed E-state index contributed by atoms with van der Waals surface area (Å²) in [7, 11) is 0. The van der Waals surface area contributed by atoms with Crippen molar-refractivity contribution in [3.05, 3.63) is 35.4 Å². The number of aliphatic carboxylic acids is 1. The molecule has 1 atom stereocenters. The summed E-state index contributed by atoms with van der Waals surface area (Å²) in [4.78, 5) is 36.0. The van der Waals surface area contributed by atoms with E-state index in [0.29, 0.717) is 6.54 Å². The Morgan fingerprint density at radius 2 is 2.05 bits per heavy atom. The van der Waals surface area contributed by atoms with Crippen molar-refractivity contribution in [3.63, 3.8) is 0 Å². The van der Waals surface area contributed by atoms with E-state index in [9.17, 15) is 19.5 Å². The Morgan fingerprint density at radius 1 is 1.33 bits per heavy atom. The van der Waals surface area contributed by atoms with Crippen molar-refractivity contribution in [2.24, 2.45) is 5.73 Å². The minimum absolute atomic E-state index is 0.101. The highest BCUT2D eigenvalue weighted by molar-refractivity contribution is 5.86. The first kappa shape index (κ1) is 15.0. The molecular formula is C14H17N3O4. The van der Waals surface area contributed by atoms with E-state index in [-0.39, 0.29) is 25.5 Å². The number of rotatable bonds is 4. The maximum atomic E-state index is 12.1. The number of amides is 2. The topological polar surface area (TPSA) is 113 Å². The monoisotopic (exact) mass is 291 g/mol. The van der Waals surface area contributed by atoms with Gasteiger partial charge in [-0.2, -0.15) is 0 Å². The molecule has 0 spiro atoms. The van der Waals surface area contributed by atoms with Crippen LogP contribution in [0.15, 0.2) is 24.3 Å². The number of hydrogen-bond acceptors (Lipinski definition) is 4. The number of benzene rings is 1. The molecule has 1 aromatic carbocycles. The highest BCUT2D eigenvalue weighted by atomic mass is 16.4. The molecule has 0 saturated carbocycles. The lowest BCUT2D eigenvalue weighted by molar-refractivity contribution is -0.141. The van der Waals surface area contributed by atoms with Crippen molar-refractivity contribution in [2.45, 2.75) is 12.5 Å². The number of carboxylic acids is 1. The Bertz CT molecular complexity index is 573. The van der Waals surface area contributed by atoms with Crippen LogP contribution in [0.5, 0.6) is 0 Å². The number of hydrogen-bond donors (Lipinski definition) is 3. The number of fused-ring (bicyclic) bond motifs is 1. The van der Waals surface area contributed by atoms with E-state index >= 15 is 0 Å². The lowest BCUT2D eigenvalue weighted by atomic mass is 9.90. The van der Waals surface area contributed by atoms with Crippen LogP contribution in [0.2, 0.25) is 0 Å². The lowest BCUT2D eigenvalue weighted by Gasteiger charge is -2.32. The average Bonchev–Trinajstić information content (AvgIpc) is 2.50. The first-order chi connectivity index (χ1) is 10.0. The van der Waals surface area contributed by atoms with Gasteiger partial charge in [0.1, 0.15) is 0 Å². The van der Waals surface area contributed by atoms with Crippen LogP contribution in [0.25, 0.3) is 0 Å². The van der Waals surface area contributed by atoms with Crippen molar-refractivity contribution in [3.8, 4) is 0 Å². The molecule has 1 aliphatic rings. The molecule has 0 bridgehead atoms. The zero-order valence-corrected chi connectivity index (χ0v) is 11.4. The molecule has 1 unspecified atom stereocenters. The van der Waals surface area contributed by atoms with Crippen LogP contribution in [0.4, 0.5) is 0 Å². The highest BCUT2D eigenvalue weighted by Gasteiger charge is 2.32. The van der Waals surface area contributed by atoms with Crippen LogP contribution < -0.4 is 11.1 Å². The van der Waals surface area contributed by atoms with E-state index in [1.165, 1.54) is 4.90 Å². The molecule has 0 fully saturated rings. The molecule has 1 aromatic rings. The van der Waals surface area contributed by atoms with Gasteiger partial charge in [0.25, 0.3) is 0 Å². The molecular weight excluding hydrogens is 274 g/mol. The molecule has 0 aromatic heterocycles. The van der Waals surface area contributed by atoms with Crippen LogP contribution in [0, 0.1) is 0 Å². The normalized spacial score (nSPS) is 17.0. The lowest BCUT2D eigenvalue weighted by Crippen LogP contribution is -2.46. The second-order valence-corrected chi connectivity index (χ2v) is 4.84. The van der Waals surface area contributed by atoms with Crippen molar-refractivity contribution in [1.82, 2.24) is 10.2 Å². The molecule has 2 amide bonds. The number of carbonyl (C=O) groups is 3. The number of nitrogens with zero attached hydrogens (tertiary/aromatic N) is 1. The van der Waals surface area contributed by atoms with Crippen LogP contribution in [-0.4, -0.2) is 47.4 Å². The fraction of sp³-hybridized carbons (Fsp3) is 0.357. The van der Waals surface area contributed by atoms with Crippen molar-refractivity contribution in [2.75, 3.05) is 19.6 Å². The molecule has 7 nitrogen and oxygen atoms in total. The quantitative estimate of drug-likeness (QED) is 0.677. The summed E-state index contributed by atoms with van der Waals surface area (Å²) in [5, 5.41) is 11.7. The Kier molecular flexibility index (Phi) is 4.54. The van der Waals surface area contributed by atoms with Gasteiger partial charge in [0.05, 0.1) is 19.0 Å². The van der Waals surface area contributed by atoms with Crippen molar-refractivity contribution in [1.29, 1.82) is 0 Å². The van der Waals surface area contributed by atoms with Gasteiger partial charge in [-0.05, 0) is 11.1 Å². The maximum Gasteiger partial charge on any atom is 0.312 e. The summed E-state index contributed by atoms with van der Waals surface area (Å²) < 4.78 is 0. The summed E-state index contributed by atoms with van der Waals surface area (Å²) >= 11 is 0. The Balaban J connectivity index is 2.12. The zero-order chi connectivity index (χ0) is 15.4. The fourth-order valence-electron chi connectivity index (χ4n) is 2.37. The Morgan fingerprint density at radius 3 is 2.71 bits per heavy atom. The molecule has 7 heteroatoms. The molecule has 0 radical (unpaired) electrons. The SMILES string of the molecule is NCC(=O)NCC(=O)N1Cc2ccccc2C(C(=O)O)C1. The molecule has 0 saturated heterocycles. The first-order valence-corrected chi connectivity index (χ1v) is 6.58. The van der Waals surface area contributed by atoms with Crippen molar-refractivity contribution < 1.29 is 19.5 Å². The summed E-state index contributed by atoms with van der Waals surface area (Å²) in [6.45, 7) is 0.0827. The van der Waals surface area contributed by atoms with Gasteiger partial charge in [-0.15, -0.1) is 0 Å². The molecule has 2 rings (SSSR count). The fourth-order valence-corrected chi connectivity index (χ4v) is 2.37. The van der Waals surface area contributed by atoms with Gasteiger partial charge in [0, 0.05) is 13.1 Å². The number of nitrogens with two attached hydrogens (primary N) is 1. The van der Waals surface area contributed by atoms with Gasteiger partial charge >= 0.3 is 5.97 Å². The van der Waals surface area contributed by atoms with Gasteiger partial charge < -0.3 is 21.1 Å². The summed E-state index contributed by atoms with van der Waals surface area (Å²) in [6.07, 6.45) is 0. The second kappa shape index (κ2) is 6.36. The van der Waals surface area contributed by atoms with Crippen LogP contribution >= 0.6 is 0 Å². The molecule has 0 aliphatic carbocycles. The summed E-state index contributed by atoms with van der Waals surface area (Å²) in [6, 6.07) is 7.17. The van der Waals surface area contributed by atoms with E-state index in [0.717, 1.165) is 11.1 Å². The number of nitrogens with one attached hydrogen (secondary N) is 1. The van der Waals surface area contributed by atoms with Gasteiger partial charge in [0.15, 0.2) is 0 Å². The predicted molar refractivity (Wildman–Crippen MR) is 74.3 cm³/mol. The van der Waals surface area contributed by atoms with Gasteiger partial charge in [0.2, 0.25) is 11.8 Å². The number of carbonyl (C=O) groups excluding carboxylic acids is 2. The molecule has 1 aliphatic heterocycles. The van der Waals surface area contributed by atoms with E-state index in [4.69, 9.17) is 5.73 Å². The Hall–Kier alpha value is -2.41. The summed E-state index contributed by atoms with van der Waals surface area (Å²) in [5.41, 5.74) is 6.70. The largest absolute Gasteiger partial charge is 0.481 e. The maximum absolute atomic E-state index is 12.1. The first-order valence-electron chi connectivity index (χ1n) is 6.58. The molecule has 1 heterocycles. The van der Waals surface area contributed by atoms with Crippen LogP contribution in [-0.2, 0) is 20.9 Å². The summed E-state index contributed by atoms with van der Waals surface area (Å²) in [5.74, 6) is -2.46. The highest BCUT2D eigenvalue weighted by Crippen LogP contribution is 2.28. The molecule has 21 heavy (non-hydrogen) atoms. The smallest absolute Gasteiger partial charge is 0.312 e. The zero-order valence-electron chi connectivity index (χ0n) is 11.4. The minimum atomic E-state index is -0.967. The van der Waals surface area contributed by atoms with Gasteiger partial charge in [-0.3, -0.25) is 14.4 Å². The molecule has 4 N–H and O–H groups in total. The Labute approximate surface area is 121 Å². The van der Waals surface area contributed by atoms with E-state index in [1.54, 1.807) is 12.1 Å². The minimum Gasteiger partial charge on any atom is -0.481 e. The average molecular weight is 291 g/mol. The van der Waals surface area contributed by atoms with Crippen molar-refractivity contribution >= 4 is 17.8 Å². The predicted octanol–water partition coefficient (Wildman–Crippen LogP) is -0.728. The number of carboxylic acid groups (broad SMARTS) is 1. The van der Waals surface area contributed by atoms with E-state index in [1.807, 2.05) is 12.1 Å². The van der Waals surface area contributed by atoms with E-state index in [2.05, 4.69) is 5.32 Å². The third-order valence-electron chi connectivity index (χ3n) is 3.47.